The molecule has 0 fully saturated rings. The van der Waals surface area contributed by atoms with Crippen molar-refractivity contribution < 1.29 is 0 Å². The molecule has 1 aromatic heterocycles. The highest BCUT2D eigenvalue weighted by Crippen LogP contribution is 2.30. The van der Waals surface area contributed by atoms with Crippen molar-refractivity contribution in [2.24, 2.45) is 0 Å². The topological polar surface area (TPSA) is 51.8 Å². The fraction of sp³-hybridized carbons (Fsp3) is 0. The number of nitrogens with zero attached hydrogens (tertiary/aromatic N) is 2. The van der Waals surface area contributed by atoms with Gasteiger partial charge in [-0.15, -0.1) is 0 Å². The second-order valence-electron chi connectivity index (χ2n) is 3.95. The third-order valence-corrected chi connectivity index (χ3v) is 3.00. The zero-order valence-electron chi connectivity index (χ0n) is 9.47. The van der Waals surface area contributed by atoms with Crippen molar-refractivity contribution in [3.8, 4) is 11.3 Å². The van der Waals surface area contributed by atoms with Crippen LogP contribution < -0.4 is 5.73 Å². The highest BCUT2D eigenvalue weighted by molar-refractivity contribution is 6.29. The normalized spacial score (nSPS) is 10.7. The van der Waals surface area contributed by atoms with Gasteiger partial charge in [0.25, 0.3) is 0 Å². The summed E-state index contributed by atoms with van der Waals surface area (Å²) in [4.78, 5) is 8.32. The van der Waals surface area contributed by atoms with E-state index in [2.05, 4.69) is 22.1 Å². The van der Waals surface area contributed by atoms with E-state index in [1.807, 2.05) is 30.3 Å². The number of nitrogens with two attached hydrogens (primary N) is 1. The van der Waals surface area contributed by atoms with E-state index in [1.54, 1.807) is 0 Å². The maximum absolute atomic E-state index is 5.89. The lowest BCUT2D eigenvalue weighted by Crippen LogP contribution is -1.97. The first-order chi connectivity index (χ1) is 8.75. The van der Waals surface area contributed by atoms with E-state index in [0.717, 1.165) is 16.3 Å². The second-order valence-corrected chi connectivity index (χ2v) is 4.34. The molecule has 0 bridgehead atoms. The first-order valence-electron chi connectivity index (χ1n) is 5.52. The van der Waals surface area contributed by atoms with Gasteiger partial charge in [-0.3, -0.25) is 0 Å². The third kappa shape index (κ3) is 1.79. The number of benzene rings is 2. The van der Waals surface area contributed by atoms with Crippen molar-refractivity contribution in [3.05, 3.63) is 53.8 Å². The number of hydrogen-bond acceptors (Lipinski definition) is 3. The van der Waals surface area contributed by atoms with Crippen LogP contribution in [-0.4, -0.2) is 9.97 Å². The molecule has 4 heteroatoms. The summed E-state index contributed by atoms with van der Waals surface area (Å²) in [6, 6.07) is 14.1. The van der Waals surface area contributed by atoms with Crippen molar-refractivity contribution in [3.63, 3.8) is 0 Å². The fourth-order valence-corrected chi connectivity index (χ4v) is 2.16. The number of aromatic nitrogens is 2. The quantitative estimate of drug-likeness (QED) is 0.724. The van der Waals surface area contributed by atoms with Crippen LogP contribution in [0.25, 0.3) is 22.0 Å². The first kappa shape index (κ1) is 11.0. The van der Waals surface area contributed by atoms with Crippen LogP contribution in [0.2, 0.25) is 5.15 Å². The molecular formula is C14H10ClN3. The molecule has 18 heavy (non-hydrogen) atoms. The molecule has 2 aromatic carbocycles. The average Bonchev–Trinajstić information content (AvgIpc) is 2.38. The van der Waals surface area contributed by atoms with E-state index in [9.17, 15) is 0 Å². The van der Waals surface area contributed by atoms with Gasteiger partial charge >= 0.3 is 0 Å². The molecule has 0 aliphatic heterocycles. The molecule has 3 rings (SSSR count). The minimum atomic E-state index is 0.302. The molecule has 0 aliphatic carbocycles. The summed E-state index contributed by atoms with van der Waals surface area (Å²) in [5.74, 6) is 0.346. The number of anilines is 1. The Bertz CT molecular complexity index is 720. The van der Waals surface area contributed by atoms with Crippen molar-refractivity contribution in [2.45, 2.75) is 0 Å². The third-order valence-electron chi connectivity index (χ3n) is 2.81. The van der Waals surface area contributed by atoms with Crippen LogP contribution >= 0.6 is 11.6 Å². The molecule has 3 aromatic rings. The molecular weight excluding hydrogens is 246 g/mol. The van der Waals surface area contributed by atoms with Gasteiger partial charge in [0.2, 0.25) is 0 Å². The number of halogens is 1. The van der Waals surface area contributed by atoms with Crippen LogP contribution in [0.1, 0.15) is 0 Å². The molecule has 0 radical (unpaired) electrons. The largest absolute Gasteiger partial charge is 0.382 e. The lowest BCUT2D eigenvalue weighted by molar-refractivity contribution is 1.22. The zero-order valence-corrected chi connectivity index (χ0v) is 10.2. The Morgan fingerprint density at radius 3 is 2.61 bits per heavy atom. The molecule has 1 heterocycles. The lowest BCUT2D eigenvalue weighted by atomic mass is 10.0. The van der Waals surface area contributed by atoms with E-state index in [-0.39, 0.29) is 0 Å². The molecule has 0 spiro atoms. The van der Waals surface area contributed by atoms with E-state index in [4.69, 9.17) is 17.3 Å². The van der Waals surface area contributed by atoms with Gasteiger partial charge in [0.1, 0.15) is 10.8 Å². The van der Waals surface area contributed by atoms with E-state index < -0.39 is 0 Å². The SMILES string of the molecule is Nc1nc(Cl)cnc1-c1cccc2ccccc12. The minimum absolute atomic E-state index is 0.302. The van der Waals surface area contributed by atoms with E-state index >= 15 is 0 Å². The summed E-state index contributed by atoms with van der Waals surface area (Å²) >= 11 is 5.77. The van der Waals surface area contributed by atoms with Gasteiger partial charge in [0, 0.05) is 5.56 Å². The van der Waals surface area contributed by atoms with Gasteiger partial charge in [0.05, 0.1) is 6.20 Å². The van der Waals surface area contributed by atoms with Gasteiger partial charge in [-0.2, -0.15) is 0 Å². The number of rotatable bonds is 1. The monoisotopic (exact) mass is 255 g/mol. The summed E-state index contributed by atoms with van der Waals surface area (Å²) in [7, 11) is 0. The first-order valence-corrected chi connectivity index (χ1v) is 5.89. The predicted octanol–water partition coefficient (Wildman–Crippen LogP) is 3.53. The highest BCUT2D eigenvalue weighted by atomic mass is 35.5. The average molecular weight is 256 g/mol. The minimum Gasteiger partial charge on any atom is -0.382 e. The Morgan fingerprint density at radius 2 is 1.78 bits per heavy atom. The Labute approximate surface area is 109 Å². The standard InChI is InChI=1S/C14H10ClN3/c15-12-8-17-13(14(16)18-12)11-7-3-5-9-4-1-2-6-10(9)11/h1-8H,(H2,16,18). The van der Waals surface area contributed by atoms with Gasteiger partial charge in [-0.05, 0) is 10.8 Å². The van der Waals surface area contributed by atoms with Gasteiger partial charge in [-0.1, -0.05) is 54.1 Å². The summed E-state index contributed by atoms with van der Waals surface area (Å²) in [6.07, 6.45) is 1.51. The molecule has 0 amide bonds. The van der Waals surface area contributed by atoms with Crippen LogP contribution in [-0.2, 0) is 0 Å². The van der Waals surface area contributed by atoms with Crippen LogP contribution in [0, 0.1) is 0 Å². The Kier molecular flexibility index (Phi) is 2.61. The van der Waals surface area contributed by atoms with Crippen molar-refractivity contribution in [2.75, 3.05) is 5.73 Å². The Balaban J connectivity index is 2.31. The summed E-state index contributed by atoms with van der Waals surface area (Å²) < 4.78 is 0. The maximum Gasteiger partial charge on any atom is 0.151 e. The lowest BCUT2D eigenvalue weighted by Gasteiger charge is -2.07. The molecule has 2 N–H and O–H groups in total. The highest BCUT2D eigenvalue weighted by Gasteiger charge is 2.09. The zero-order chi connectivity index (χ0) is 12.5. The summed E-state index contributed by atoms with van der Waals surface area (Å²) in [5, 5.41) is 2.55. The number of nitrogen functional groups attached to an aromatic ring is 1. The molecule has 0 saturated carbocycles. The predicted molar refractivity (Wildman–Crippen MR) is 74.4 cm³/mol. The van der Waals surface area contributed by atoms with Crippen molar-refractivity contribution in [1.82, 2.24) is 9.97 Å². The molecule has 88 valence electrons. The molecule has 0 atom stereocenters. The van der Waals surface area contributed by atoms with Gasteiger partial charge < -0.3 is 5.73 Å². The second kappa shape index (κ2) is 4.27. The summed E-state index contributed by atoms with van der Waals surface area (Å²) in [6.45, 7) is 0. The maximum atomic E-state index is 5.89. The Morgan fingerprint density at radius 1 is 1.00 bits per heavy atom. The van der Waals surface area contributed by atoms with Gasteiger partial charge in [0.15, 0.2) is 5.82 Å². The fourth-order valence-electron chi connectivity index (χ4n) is 2.02. The van der Waals surface area contributed by atoms with Crippen LogP contribution in [0.5, 0.6) is 0 Å². The van der Waals surface area contributed by atoms with Crippen molar-refractivity contribution in [1.29, 1.82) is 0 Å². The molecule has 0 unspecified atom stereocenters. The summed E-state index contributed by atoms with van der Waals surface area (Å²) in [5.41, 5.74) is 7.52. The van der Waals surface area contributed by atoms with Gasteiger partial charge in [-0.25, -0.2) is 9.97 Å². The number of fused-ring (bicyclic) bond motifs is 1. The van der Waals surface area contributed by atoms with Crippen molar-refractivity contribution >= 4 is 28.2 Å². The smallest absolute Gasteiger partial charge is 0.151 e. The number of hydrogen-bond donors (Lipinski definition) is 1. The van der Waals surface area contributed by atoms with E-state index in [1.165, 1.54) is 6.20 Å². The molecule has 0 aliphatic rings. The van der Waals surface area contributed by atoms with Crippen LogP contribution in [0.3, 0.4) is 0 Å². The van der Waals surface area contributed by atoms with Crippen LogP contribution in [0.4, 0.5) is 5.82 Å². The Hall–Kier alpha value is -2.13. The van der Waals surface area contributed by atoms with E-state index in [0.29, 0.717) is 16.7 Å². The van der Waals surface area contributed by atoms with Crippen LogP contribution in [0.15, 0.2) is 48.7 Å². The molecule has 3 nitrogen and oxygen atoms in total. The molecule has 0 saturated heterocycles.